The Morgan fingerprint density at radius 1 is 1.30 bits per heavy atom. The second-order valence-electron chi connectivity index (χ2n) is 5.67. The molecule has 1 amide bonds. The third-order valence-corrected chi connectivity index (χ3v) is 4.89. The number of ether oxygens (including phenoxy) is 1. The Hall–Kier alpha value is -2.77. The molecule has 27 heavy (non-hydrogen) atoms. The lowest BCUT2D eigenvalue weighted by Gasteiger charge is -2.03. The average Bonchev–Trinajstić information content (AvgIpc) is 2.96. The summed E-state index contributed by atoms with van der Waals surface area (Å²) < 4.78 is 5.08. The molecular formula is C19H15ClN2O4S. The van der Waals surface area contributed by atoms with Crippen molar-refractivity contribution in [3.8, 4) is 5.75 Å². The summed E-state index contributed by atoms with van der Waals surface area (Å²) in [6.45, 7) is 1.51. The molecule has 1 fully saturated rings. The molecule has 2 aromatic carbocycles. The summed E-state index contributed by atoms with van der Waals surface area (Å²) in [6, 6.07) is 12.2. The van der Waals surface area contributed by atoms with Crippen LogP contribution in [0.1, 0.15) is 11.1 Å². The van der Waals surface area contributed by atoms with Gasteiger partial charge in [0, 0.05) is 5.02 Å². The minimum atomic E-state index is -1.04. The first-order valence-electron chi connectivity index (χ1n) is 7.91. The van der Waals surface area contributed by atoms with Crippen molar-refractivity contribution < 1.29 is 19.4 Å². The third kappa shape index (κ3) is 5.12. The first kappa shape index (κ1) is 19.0. The van der Waals surface area contributed by atoms with Crippen LogP contribution in [0.25, 0.3) is 6.08 Å². The Morgan fingerprint density at radius 3 is 2.70 bits per heavy atom. The van der Waals surface area contributed by atoms with Crippen molar-refractivity contribution in [1.29, 1.82) is 0 Å². The fraction of sp³-hybridized carbons (Fsp3) is 0.105. The van der Waals surface area contributed by atoms with Gasteiger partial charge in [-0.05, 0) is 60.2 Å². The molecule has 0 unspecified atom stereocenters. The van der Waals surface area contributed by atoms with Crippen LogP contribution in [0, 0.1) is 6.92 Å². The zero-order valence-corrected chi connectivity index (χ0v) is 15.8. The van der Waals surface area contributed by atoms with Gasteiger partial charge in [0.05, 0.1) is 10.6 Å². The van der Waals surface area contributed by atoms with Crippen molar-refractivity contribution in [2.75, 3.05) is 6.61 Å². The lowest BCUT2D eigenvalue weighted by molar-refractivity contribution is -0.139. The summed E-state index contributed by atoms with van der Waals surface area (Å²) in [5.74, 6) is -0.827. The number of amidine groups is 1. The van der Waals surface area contributed by atoms with E-state index in [1.807, 2.05) is 19.1 Å². The Bertz CT molecular complexity index is 955. The number of aliphatic imine (C=N–C) groups is 1. The highest BCUT2D eigenvalue weighted by molar-refractivity contribution is 8.18. The summed E-state index contributed by atoms with van der Waals surface area (Å²) >= 11 is 7.33. The normalized spacial score (nSPS) is 16.6. The molecule has 0 bridgehead atoms. The number of carboxylic acids is 1. The minimum Gasteiger partial charge on any atom is -0.482 e. The van der Waals surface area contributed by atoms with Gasteiger partial charge in [-0.3, -0.25) is 4.79 Å². The number of rotatable bonds is 5. The molecule has 0 saturated carbocycles. The van der Waals surface area contributed by atoms with Gasteiger partial charge in [-0.25, -0.2) is 9.79 Å². The van der Waals surface area contributed by atoms with Crippen molar-refractivity contribution in [3.05, 3.63) is 63.5 Å². The Kier molecular flexibility index (Phi) is 5.83. The van der Waals surface area contributed by atoms with Gasteiger partial charge in [-0.1, -0.05) is 29.8 Å². The zero-order chi connectivity index (χ0) is 19.4. The third-order valence-electron chi connectivity index (χ3n) is 3.58. The first-order valence-corrected chi connectivity index (χ1v) is 9.10. The summed E-state index contributed by atoms with van der Waals surface area (Å²) in [6.07, 6.45) is 1.73. The molecule has 0 radical (unpaired) electrons. The zero-order valence-electron chi connectivity index (χ0n) is 14.2. The predicted octanol–water partition coefficient (Wildman–Crippen LogP) is 4.00. The van der Waals surface area contributed by atoms with Crippen molar-refractivity contribution in [2.45, 2.75) is 6.92 Å². The van der Waals surface area contributed by atoms with Gasteiger partial charge in [-0.15, -0.1) is 0 Å². The van der Waals surface area contributed by atoms with E-state index in [2.05, 4.69) is 10.3 Å². The highest BCUT2D eigenvalue weighted by atomic mass is 35.5. The van der Waals surface area contributed by atoms with Crippen LogP contribution in [0.2, 0.25) is 5.02 Å². The molecule has 0 aliphatic carbocycles. The molecule has 2 aromatic rings. The van der Waals surface area contributed by atoms with Crippen LogP contribution < -0.4 is 10.1 Å². The van der Waals surface area contributed by atoms with E-state index in [1.165, 1.54) is 11.8 Å². The molecule has 1 saturated heterocycles. The number of aliphatic carboxylic acids is 1. The van der Waals surface area contributed by atoms with E-state index in [9.17, 15) is 9.59 Å². The monoisotopic (exact) mass is 402 g/mol. The maximum absolute atomic E-state index is 12.1. The topological polar surface area (TPSA) is 88.0 Å². The van der Waals surface area contributed by atoms with Gasteiger partial charge in [0.25, 0.3) is 5.91 Å². The minimum absolute atomic E-state index is 0.233. The average molecular weight is 403 g/mol. The highest BCUT2D eigenvalue weighted by Gasteiger charge is 2.23. The van der Waals surface area contributed by atoms with Gasteiger partial charge in [0.1, 0.15) is 5.75 Å². The van der Waals surface area contributed by atoms with E-state index in [0.717, 1.165) is 11.1 Å². The maximum Gasteiger partial charge on any atom is 0.341 e. The highest BCUT2D eigenvalue weighted by Crippen LogP contribution is 2.29. The number of nitrogens with zero attached hydrogens (tertiary/aromatic N) is 1. The van der Waals surface area contributed by atoms with Crippen LogP contribution in [-0.2, 0) is 9.59 Å². The largest absolute Gasteiger partial charge is 0.482 e. The van der Waals surface area contributed by atoms with Crippen LogP contribution >= 0.6 is 23.4 Å². The SMILES string of the molecule is Cc1ccc(N=C2NC(=O)C(=Cc3ccc(OCC(=O)O)cc3)S2)cc1Cl. The second kappa shape index (κ2) is 8.28. The van der Waals surface area contributed by atoms with Gasteiger partial charge < -0.3 is 15.2 Å². The van der Waals surface area contributed by atoms with Gasteiger partial charge in [0.2, 0.25) is 0 Å². The maximum atomic E-state index is 12.1. The molecule has 3 rings (SSSR count). The summed E-state index contributed by atoms with van der Waals surface area (Å²) in [5, 5.41) is 12.4. The molecule has 1 aliphatic heterocycles. The van der Waals surface area contributed by atoms with E-state index < -0.39 is 12.6 Å². The first-order chi connectivity index (χ1) is 12.9. The van der Waals surface area contributed by atoms with Crippen molar-refractivity contribution in [1.82, 2.24) is 5.32 Å². The lowest BCUT2D eigenvalue weighted by Crippen LogP contribution is -2.19. The number of aryl methyl sites for hydroxylation is 1. The fourth-order valence-electron chi connectivity index (χ4n) is 2.21. The number of amides is 1. The van der Waals surface area contributed by atoms with E-state index in [0.29, 0.717) is 26.5 Å². The Morgan fingerprint density at radius 2 is 2.04 bits per heavy atom. The Labute approximate surface area is 164 Å². The number of thioether (sulfide) groups is 1. The summed E-state index contributed by atoms with van der Waals surface area (Å²) in [4.78, 5) is 27.6. The van der Waals surface area contributed by atoms with Crippen molar-refractivity contribution >= 4 is 52.2 Å². The van der Waals surface area contributed by atoms with E-state index in [4.69, 9.17) is 21.4 Å². The van der Waals surface area contributed by atoms with Crippen LogP contribution in [0.4, 0.5) is 5.69 Å². The smallest absolute Gasteiger partial charge is 0.341 e. The number of carbonyl (C=O) groups excluding carboxylic acids is 1. The molecule has 1 aliphatic rings. The fourth-order valence-corrected chi connectivity index (χ4v) is 3.22. The summed E-state index contributed by atoms with van der Waals surface area (Å²) in [7, 11) is 0. The van der Waals surface area contributed by atoms with E-state index in [1.54, 1.807) is 36.4 Å². The van der Waals surface area contributed by atoms with Gasteiger partial charge in [0.15, 0.2) is 11.8 Å². The van der Waals surface area contributed by atoms with Gasteiger partial charge >= 0.3 is 5.97 Å². The summed E-state index contributed by atoms with van der Waals surface area (Å²) in [5.41, 5.74) is 2.41. The van der Waals surface area contributed by atoms with Crippen molar-refractivity contribution in [2.24, 2.45) is 4.99 Å². The quantitative estimate of drug-likeness (QED) is 0.738. The molecule has 0 aromatic heterocycles. The number of carboxylic acid groups (broad SMARTS) is 1. The van der Waals surface area contributed by atoms with Crippen LogP contribution in [0.3, 0.4) is 0 Å². The second-order valence-corrected chi connectivity index (χ2v) is 7.10. The molecule has 138 valence electrons. The number of benzene rings is 2. The molecule has 1 heterocycles. The van der Waals surface area contributed by atoms with E-state index in [-0.39, 0.29) is 5.91 Å². The number of hydrogen-bond donors (Lipinski definition) is 2. The lowest BCUT2D eigenvalue weighted by atomic mass is 10.2. The molecular weight excluding hydrogens is 388 g/mol. The molecule has 8 heteroatoms. The standard InChI is InChI=1S/C19H15ClN2O4S/c1-11-2-5-13(9-15(11)20)21-19-22-18(25)16(27-19)8-12-3-6-14(7-4-12)26-10-17(23)24/h2-9H,10H2,1H3,(H,23,24)(H,21,22,25). The van der Waals surface area contributed by atoms with Crippen molar-refractivity contribution in [3.63, 3.8) is 0 Å². The van der Waals surface area contributed by atoms with Crippen LogP contribution in [0.15, 0.2) is 52.4 Å². The number of carbonyl (C=O) groups is 2. The van der Waals surface area contributed by atoms with Gasteiger partial charge in [-0.2, -0.15) is 0 Å². The molecule has 6 nitrogen and oxygen atoms in total. The number of nitrogens with one attached hydrogen (secondary N) is 1. The molecule has 2 N–H and O–H groups in total. The number of halogens is 1. The Balaban J connectivity index is 1.72. The molecule has 0 spiro atoms. The van der Waals surface area contributed by atoms with E-state index >= 15 is 0 Å². The van der Waals surface area contributed by atoms with Crippen LogP contribution in [-0.4, -0.2) is 28.8 Å². The predicted molar refractivity (Wildman–Crippen MR) is 107 cm³/mol. The molecule has 0 atom stereocenters. The number of hydrogen-bond acceptors (Lipinski definition) is 5. The van der Waals surface area contributed by atoms with Crippen LogP contribution in [0.5, 0.6) is 5.75 Å².